The quantitative estimate of drug-likeness (QED) is 0.422. The Kier molecular flexibility index (Phi) is 5.43. The molecule has 0 atom stereocenters. The lowest BCUT2D eigenvalue weighted by atomic mass is 10.2. The number of aryl methyl sites for hydroxylation is 1. The van der Waals surface area contributed by atoms with E-state index >= 15 is 0 Å². The van der Waals surface area contributed by atoms with Gasteiger partial charge in [0, 0.05) is 6.54 Å². The molecule has 0 saturated carbocycles. The molecule has 3 nitrogen and oxygen atoms in total. The van der Waals surface area contributed by atoms with Crippen molar-refractivity contribution in [2.45, 2.75) is 13.3 Å². The summed E-state index contributed by atoms with van der Waals surface area (Å²) in [7, 11) is 0. The second-order valence-corrected chi connectivity index (χ2v) is 3.65. The number of nitrogens with one attached hydrogen (secondary N) is 1. The highest BCUT2D eigenvalue weighted by atomic mass is 16.5. The fourth-order valence-electron chi connectivity index (χ4n) is 1.36. The van der Waals surface area contributed by atoms with Crippen molar-refractivity contribution < 1.29 is 4.74 Å². The predicted octanol–water partition coefficient (Wildman–Crippen LogP) is 2.58. The van der Waals surface area contributed by atoms with E-state index in [4.69, 9.17) is 10.5 Å². The molecule has 0 aliphatic heterocycles. The maximum atomic E-state index is 5.93. The summed E-state index contributed by atoms with van der Waals surface area (Å²) in [6.45, 7) is 7.82. The Morgan fingerprint density at radius 2 is 2.25 bits per heavy atom. The zero-order chi connectivity index (χ0) is 11.8. The topological polar surface area (TPSA) is 47.3 Å². The van der Waals surface area contributed by atoms with E-state index in [-0.39, 0.29) is 0 Å². The third kappa shape index (κ3) is 3.95. The third-order valence-corrected chi connectivity index (χ3v) is 2.35. The Labute approximate surface area is 97.3 Å². The third-order valence-electron chi connectivity index (χ3n) is 2.35. The SMILES string of the molecule is C=CCCOCCNc1cccc(C)c1N. The largest absolute Gasteiger partial charge is 0.397 e. The van der Waals surface area contributed by atoms with Gasteiger partial charge in [-0.1, -0.05) is 18.2 Å². The van der Waals surface area contributed by atoms with Gasteiger partial charge in [-0.3, -0.25) is 0 Å². The average Bonchev–Trinajstić information content (AvgIpc) is 2.29. The molecule has 0 aromatic heterocycles. The Morgan fingerprint density at radius 3 is 3.00 bits per heavy atom. The molecule has 1 rings (SSSR count). The number of nitrogens with two attached hydrogens (primary N) is 1. The smallest absolute Gasteiger partial charge is 0.0639 e. The minimum Gasteiger partial charge on any atom is -0.397 e. The molecule has 0 aliphatic carbocycles. The summed E-state index contributed by atoms with van der Waals surface area (Å²) in [5.41, 5.74) is 8.82. The number of benzene rings is 1. The fraction of sp³-hybridized carbons (Fsp3) is 0.385. The van der Waals surface area contributed by atoms with E-state index in [1.165, 1.54) is 0 Å². The summed E-state index contributed by atoms with van der Waals surface area (Å²) < 4.78 is 5.39. The first-order valence-corrected chi connectivity index (χ1v) is 5.53. The molecule has 1 aromatic rings. The van der Waals surface area contributed by atoms with E-state index in [0.717, 1.165) is 36.5 Å². The van der Waals surface area contributed by atoms with Crippen LogP contribution >= 0.6 is 0 Å². The van der Waals surface area contributed by atoms with Crippen LogP contribution < -0.4 is 11.1 Å². The van der Waals surface area contributed by atoms with E-state index in [2.05, 4.69) is 11.9 Å². The van der Waals surface area contributed by atoms with Gasteiger partial charge in [-0.05, 0) is 25.0 Å². The zero-order valence-corrected chi connectivity index (χ0v) is 9.83. The first kappa shape index (κ1) is 12.6. The second-order valence-electron chi connectivity index (χ2n) is 3.65. The normalized spacial score (nSPS) is 10.1. The van der Waals surface area contributed by atoms with Gasteiger partial charge in [0.1, 0.15) is 0 Å². The molecular formula is C13H20N2O. The van der Waals surface area contributed by atoms with Crippen molar-refractivity contribution >= 4 is 11.4 Å². The van der Waals surface area contributed by atoms with Gasteiger partial charge in [0.2, 0.25) is 0 Å². The van der Waals surface area contributed by atoms with Gasteiger partial charge in [0.05, 0.1) is 24.6 Å². The molecule has 0 unspecified atom stereocenters. The first-order valence-electron chi connectivity index (χ1n) is 5.53. The van der Waals surface area contributed by atoms with Crippen molar-refractivity contribution in [3.63, 3.8) is 0 Å². The minimum atomic E-state index is 0.682. The molecule has 0 bridgehead atoms. The van der Waals surface area contributed by atoms with Crippen molar-refractivity contribution in [2.24, 2.45) is 0 Å². The van der Waals surface area contributed by atoms with Crippen molar-refractivity contribution in [2.75, 3.05) is 30.8 Å². The summed E-state index contributed by atoms with van der Waals surface area (Å²) >= 11 is 0. The molecule has 0 heterocycles. The molecule has 0 radical (unpaired) electrons. The maximum Gasteiger partial charge on any atom is 0.0639 e. The fourth-order valence-corrected chi connectivity index (χ4v) is 1.36. The van der Waals surface area contributed by atoms with Gasteiger partial charge in [-0.25, -0.2) is 0 Å². The van der Waals surface area contributed by atoms with Crippen LogP contribution in [0.15, 0.2) is 30.9 Å². The Bertz CT molecular complexity index is 337. The predicted molar refractivity (Wildman–Crippen MR) is 69.7 cm³/mol. The molecule has 0 saturated heterocycles. The highest BCUT2D eigenvalue weighted by Crippen LogP contribution is 2.21. The summed E-state index contributed by atoms with van der Waals surface area (Å²) in [5, 5.41) is 3.25. The van der Waals surface area contributed by atoms with Gasteiger partial charge in [0.15, 0.2) is 0 Å². The van der Waals surface area contributed by atoms with E-state index in [1.807, 2.05) is 31.2 Å². The Balaban J connectivity index is 2.26. The van der Waals surface area contributed by atoms with Crippen molar-refractivity contribution in [3.8, 4) is 0 Å². The number of hydrogen-bond acceptors (Lipinski definition) is 3. The molecule has 0 fully saturated rings. The van der Waals surface area contributed by atoms with E-state index < -0.39 is 0 Å². The van der Waals surface area contributed by atoms with Crippen LogP contribution in [0.1, 0.15) is 12.0 Å². The van der Waals surface area contributed by atoms with E-state index in [1.54, 1.807) is 0 Å². The van der Waals surface area contributed by atoms with Gasteiger partial charge in [-0.2, -0.15) is 0 Å². The molecule has 3 heteroatoms. The van der Waals surface area contributed by atoms with Crippen molar-refractivity contribution in [1.82, 2.24) is 0 Å². The summed E-state index contributed by atoms with van der Waals surface area (Å²) in [4.78, 5) is 0. The van der Waals surface area contributed by atoms with Crippen LogP contribution in [-0.2, 0) is 4.74 Å². The lowest BCUT2D eigenvalue weighted by Gasteiger charge is -2.11. The molecule has 0 amide bonds. The van der Waals surface area contributed by atoms with Crippen LogP contribution in [0.5, 0.6) is 0 Å². The molecule has 16 heavy (non-hydrogen) atoms. The molecule has 88 valence electrons. The molecule has 3 N–H and O–H groups in total. The van der Waals surface area contributed by atoms with Crippen LogP contribution in [0.2, 0.25) is 0 Å². The van der Waals surface area contributed by atoms with Crippen molar-refractivity contribution in [3.05, 3.63) is 36.4 Å². The van der Waals surface area contributed by atoms with Gasteiger partial charge in [-0.15, -0.1) is 6.58 Å². The second kappa shape index (κ2) is 6.90. The first-order chi connectivity index (χ1) is 7.75. The van der Waals surface area contributed by atoms with Gasteiger partial charge in [0.25, 0.3) is 0 Å². The van der Waals surface area contributed by atoms with Gasteiger partial charge >= 0.3 is 0 Å². The molecule has 0 spiro atoms. The van der Waals surface area contributed by atoms with Crippen LogP contribution in [0.4, 0.5) is 11.4 Å². The highest BCUT2D eigenvalue weighted by molar-refractivity contribution is 5.69. The molecule has 1 aromatic carbocycles. The lowest BCUT2D eigenvalue weighted by Crippen LogP contribution is -2.11. The lowest BCUT2D eigenvalue weighted by molar-refractivity contribution is 0.149. The van der Waals surface area contributed by atoms with Crippen molar-refractivity contribution in [1.29, 1.82) is 0 Å². The Morgan fingerprint density at radius 1 is 1.44 bits per heavy atom. The van der Waals surface area contributed by atoms with Crippen LogP contribution in [0, 0.1) is 6.92 Å². The Hall–Kier alpha value is -1.48. The van der Waals surface area contributed by atoms with Crippen LogP contribution in [0.3, 0.4) is 0 Å². The standard InChI is InChI=1S/C13H20N2O/c1-3-4-9-16-10-8-15-12-7-5-6-11(2)13(12)14/h3,5-7,15H,1,4,8-10,14H2,2H3. The number of anilines is 2. The molecule has 0 aliphatic rings. The van der Waals surface area contributed by atoms with Crippen LogP contribution in [-0.4, -0.2) is 19.8 Å². The highest BCUT2D eigenvalue weighted by Gasteiger charge is 1.99. The average molecular weight is 220 g/mol. The zero-order valence-electron chi connectivity index (χ0n) is 9.83. The van der Waals surface area contributed by atoms with Gasteiger partial charge < -0.3 is 15.8 Å². The number of rotatable bonds is 7. The summed E-state index contributed by atoms with van der Waals surface area (Å²) in [6, 6.07) is 5.97. The molecular weight excluding hydrogens is 200 g/mol. The summed E-state index contributed by atoms with van der Waals surface area (Å²) in [5.74, 6) is 0. The maximum absolute atomic E-state index is 5.93. The number of nitrogen functional groups attached to an aromatic ring is 1. The number of para-hydroxylation sites is 1. The monoisotopic (exact) mass is 220 g/mol. The van der Waals surface area contributed by atoms with E-state index in [9.17, 15) is 0 Å². The summed E-state index contributed by atoms with van der Waals surface area (Å²) in [6.07, 6.45) is 2.75. The minimum absolute atomic E-state index is 0.682. The number of ether oxygens (including phenoxy) is 1. The number of hydrogen-bond donors (Lipinski definition) is 2. The van der Waals surface area contributed by atoms with Crippen LogP contribution in [0.25, 0.3) is 0 Å². The van der Waals surface area contributed by atoms with E-state index in [0.29, 0.717) is 6.61 Å².